The molecule has 1 aliphatic rings. The van der Waals surface area contributed by atoms with Crippen molar-refractivity contribution in [1.29, 1.82) is 0 Å². The number of benzene rings is 2. The van der Waals surface area contributed by atoms with Gasteiger partial charge in [0.15, 0.2) is 11.5 Å². The number of aromatic hydroxyl groups is 1. The Morgan fingerprint density at radius 1 is 1.00 bits per heavy atom. The van der Waals surface area contributed by atoms with Gasteiger partial charge in [0.05, 0.1) is 46.2 Å². The molecule has 0 aliphatic carbocycles. The van der Waals surface area contributed by atoms with E-state index in [1.807, 2.05) is 12.1 Å². The predicted octanol–water partition coefficient (Wildman–Crippen LogP) is 4.79. The Labute approximate surface area is 220 Å². The van der Waals surface area contributed by atoms with Crippen molar-refractivity contribution in [3.63, 3.8) is 0 Å². The fourth-order valence-electron chi connectivity index (χ4n) is 5.20. The lowest BCUT2D eigenvalue weighted by molar-refractivity contribution is 0.0154. The van der Waals surface area contributed by atoms with Crippen LogP contribution in [0.2, 0.25) is 0 Å². The zero-order valence-electron chi connectivity index (χ0n) is 22.5. The number of aliphatic hydroxyl groups excluding tert-OH is 2. The van der Waals surface area contributed by atoms with Crippen molar-refractivity contribution >= 4 is 0 Å². The van der Waals surface area contributed by atoms with Crippen LogP contribution in [0.1, 0.15) is 80.8 Å². The minimum atomic E-state index is -0.816. The number of methoxy groups -OCH3 is 3. The van der Waals surface area contributed by atoms with Crippen LogP contribution >= 0.6 is 0 Å². The van der Waals surface area contributed by atoms with Gasteiger partial charge in [-0.15, -0.1) is 0 Å². The van der Waals surface area contributed by atoms with Crippen molar-refractivity contribution in [2.45, 2.75) is 82.8 Å². The highest BCUT2D eigenvalue weighted by Gasteiger charge is 2.35. The van der Waals surface area contributed by atoms with E-state index in [0.29, 0.717) is 34.9 Å². The van der Waals surface area contributed by atoms with Crippen molar-refractivity contribution in [2.24, 2.45) is 0 Å². The van der Waals surface area contributed by atoms with Crippen LogP contribution in [0.15, 0.2) is 30.3 Å². The zero-order chi connectivity index (χ0) is 26.8. The molecule has 1 fully saturated rings. The van der Waals surface area contributed by atoms with Crippen molar-refractivity contribution in [3.05, 3.63) is 47.0 Å². The van der Waals surface area contributed by atoms with E-state index >= 15 is 0 Å². The van der Waals surface area contributed by atoms with Crippen molar-refractivity contribution < 1.29 is 34.3 Å². The second-order valence-corrected chi connectivity index (χ2v) is 9.59. The molecule has 0 amide bonds. The predicted molar refractivity (Wildman–Crippen MR) is 142 cm³/mol. The Bertz CT molecular complexity index is 983. The Kier molecular flexibility index (Phi) is 11.3. The molecular weight excluding hydrogens is 474 g/mol. The summed E-state index contributed by atoms with van der Waals surface area (Å²) in [5, 5.41) is 33.8. The Morgan fingerprint density at radius 3 is 2.46 bits per heavy atom. The molecule has 0 aromatic heterocycles. The Hall–Kier alpha value is -2.52. The van der Waals surface area contributed by atoms with Gasteiger partial charge in [-0.25, -0.2) is 0 Å². The first-order chi connectivity index (χ1) is 18.0. The van der Waals surface area contributed by atoms with E-state index in [1.54, 1.807) is 27.4 Å². The Morgan fingerprint density at radius 2 is 1.78 bits per heavy atom. The molecule has 8 nitrogen and oxygen atoms in total. The molecule has 4 atom stereocenters. The summed E-state index contributed by atoms with van der Waals surface area (Å²) >= 11 is 0. The lowest BCUT2D eigenvalue weighted by Gasteiger charge is -2.27. The van der Waals surface area contributed by atoms with Gasteiger partial charge in [-0.2, -0.15) is 0 Å². The molecule has 4 unspecified atom stereocenters. The van der Waals surface area contributed by atoms with E-state index in [1.165, 1.54) is 25.0 Å². The molecule has 1 aliphatic heterocycles. The molecule has 0 bridgehead atoms. The molecule has 0 radical (unpaired) electrons. The van der Waals surface area contributed by atoms with Crippen LogP contribution in [0.5, 0.6) is 23.0 Å². The molecule has 1 heterocycles. The summed E-state index contributed by atoms with van der Waals surface area (Å²) < 4.78 is 23.3. The average molecular weight is 518 g/mol. The van der Waals surface area contributed by atoms with Gasteiger partial charge < -0.3 is 39.6 Å². The quantitative estimate of drug-likeness (QED) is 0.250. The number of phenols is 1. The third-order valence-electron chi connectivity index (χ3n) is 7.18. The third-order valence-corrected chi connectivity index (χ3v) is 7.18. The molecule has 4 N–H and O–H groups in total. The summed E-state index contributed by atoms with van der Waals surface area (Å²) in [6.45, 7) is 2.27. The number of aliphatic hydroxyl groups is 2. The van der Waals surface area contributed by atoms with E-state index in [-0.39, 0.29) is 30.6 Å². The fraction of sp³-hybridized carbons (Fsp3) is 0.586. The maximum absolute atomic E-state index is 10.9. The molecule has 3 rings (SSSR count). The topological polar surface area (TPSA) is 110 Å². The van der Waals surface area contributed by atoms with Crippen LogP contribution in [0.3, 0.4) is 0 Å². The highest BCUT2D eigenvalue weighted by molar-refractivity contribution is 5.56. The van der Waals surface area contributed by atoms with E-state index in [4.69, 9.17) is 18.9 Å². The van der Waals surface area contributed by atoms with E-state index in [0.717, 1.165) is 37.7 Å². The lowest BCUT2D eigenvalue weighted by atomic mass is 9.98. The molecule has 2 aromatic carbocycles. The molecule has 1 saturated heterocycles. The van der Waals surface area contributed by atoms with E-state index in [2.05, 4.69) is 12.2 Å². The van der Waals surface area contributed by atoms with Gasteiger partial charge in [0.25, 0.3) is 0 Å². The summed E-state index contributed by atoms with van der Waals surface area (Å²) in [6, 6.07) is 8.60. The molecule has 0 saturated carbocycles. The van der Waals surface area contributed by atoms with Crippen LogP contribution in [0.4, 0.5) is 0 Å². The number of nitrogens with one attached hydrogen (secondary N) is 1. The van der Waals surface area contributed by atoms with Crippen molar-refractivity contribution in [2.75, 3.05) is 27.9 Å². The van der Waals surface area contributed by atoms with Gasteiger partial charge in [0.2, 0.25) is 5.75 Å². The molecule has 2 aromatic rings. The van der Waals surface area contributed by atoms with E-state index < -0.39 is 6.10 Å². The summed E-state index contributed by atoms with van der Waals surface area (Å²) in [6.07, 6.45) is 6.29. The van der Waals surface area contributed by atoms with E-state index in [9.17, 15) is 15.3 Å². The van der Waals surface area contributed by atoms with Crippen LogP contribution in [0.25, 0.3) is 0 Å². The van der Waals surface area contributed by atoms with Crippen LogP contribution in [-0.2, 0) is 11.3 Å². The first-order valence-corrected chi connectivity index (χ1v) is 13.3. The fourth-order valence-corrected chi connectivity index (χ4v) is 5.20. The van der Waals surface area contributed by atoms with Crippen LogP contribution in [-0.4, -0.2) is 55.3 Å². The number of hydrogen-bond acceptors (Lipinski definition) is 8. The summed E-state index contributed by atoms with van der Waals surface area (Å²) in [5.74, 6) is 1.86. The molecule has 206 valence electrons. The second kappa shape index (κ2) is 14.4. The van der Waals surface area contributed by atoms with Crippen LogP contribution < -0.4 is 19.5 Å². The monoisotopic (exact) mass is 517 g/mol. The number of phenolic OH excluding ortho intramolecular Hbond substituents is 1. The minimum Gasteiger partial charge on any atom is -0.508 e. The standard InChI is InChI=1S/C29H43NO7/c1-5-6-7-8-9-23(30-17-24(33)21-11-10-20(32)16-19(21)18-31)26-15-14-25(37-26)22-12-13-27(34-2)29(36-4)28(22)35-3/h10-13,16,23-26,30-33H,5-9,14-15,17-18H2,1-4H3. The van der Waals surface area contributed by atoms with Crippen molar-refractivity contribution in [3.8, 4) is 23.0 Å². The van der Waals surface area contributed by atoms with Gasteiger partial charge in [-0.3, -0.25) is 0 Å². The largest absolute Gasteiger partial charge is 0.508 e. The first kappa shape index (κ1) is 29.0. The number of rotatable bonds is 15. The first-order valence-electron chi connectivity index (χ1n) is 13.3. The molecule has 37 heavy (non-hydrogen) atoms. The lowest BCUT2D eigenvalue weighted by Crippen LogP contribution is -2.41. The minimum absolute atomic E-state index is 0.0197. The normalized spacial score (nSPS) is 19.0. The number of unbranched alkanes of at least 4 members (excludes halogenated alkanes) is 3. The maximum atomic E-state index is 10.9. The van der Waals surface area contributed by atoms with Gasteiger partial charge in [-0.05, 0) is 54.7 Å². The zero-order valence-corrected chi connectivity index (χ0v) is 22.5. The number of hydrogen-bond donors (Lipinski definition) is 4. The van der Waals surface area contributed by atoms with Gasteiger partial charge in [0.1, 0.15) is 5.75 Å². The maximum Gasteiger partial charge on any atom is 0.203 e. The van der Waals surface area contributed by atoms with Gasteiger partial charge in [0, 0.05) is 18.2 Å². The average Bonchev–Trinajstić information content (AvgIpc) is 3.41. The van der Waals surface area contributed by atoms with Gasteiger partial charge in [-0.1, -0.05) is 38.7 Å². The highest BCUT2D eigenvalue weighted by atomic mass is 16.5. The number of ether oxygens (including phenoxy) is 4. The molecule has 8 heteroatoms. The SMILES string of the molecule is CCCCCCC(NCC(O)c1ccc(O)cc1CO)C1CCC(c2ccc(OC)c(OC)c2OC)O1. The highest BCUT2D eigenvalue weighted by Crippen LogP contribution is 2.46. The third kappa shape index (κ3) is 7.29. The second-order valence-electron chi connectivity index (χ2n) is 9.59. The molecule has 0 spiro atoms. The summed E-state index contributed by atoms with van der Waals surface area (Å²) in [7, 11) is 4.82. The van der Waals surface area contributed by atoms with Crippen molar-refractivity contribution in [1.82, 2.24) is 5.32 Å². The van der Waals surface area contributed by atoms with Crippen LogP contribution in [0, 0.1) is 0 Å². The smallest absolute Gasteiger partial charge is 0.203 e. The summed E-state index contributed by atoms with van der Waals surface area (Å²) in [5.41, 5.74) is 2.06. The summed E-state index contributed by atoms with van der Waals surface area (Å²) in [4.78, 5) is 0. The Balaban J connectivity index is 1.73. The van der Waals surface area contributed by atoms with Gasteiger partial charge >= 0.3 is 0 Å². The molecular formula is C29H43NO7.